The predicted octanol–water partition coefficient (Wildman–Crippen LogP) is 6.53. The lowest BCUT2D eigenvalue weighted by molar-refractivity contribution is 0.315. The zero-order chi connectivity index (χ0) is 16.9. The van der Waals surface area contributed by atoms with E-state index in [9.17, 15) is 0 Å². The van der Waals surface area contributed by atoms with Gasteiger partial charge in [0.25, 0.3) is 0 Å². The van der Waals surface area contributed by atoms with Crippen LogP contribution in [0.4, 0.5) is 0 Å². The minimum absolute atomic E-state index is 0.533. The molecule has 1 saturated carbocycles. The largest absolute Gasteiger partial charge is 0.261 e. The molecule has 0 aliphatic heterocycles. The first-order valence-corrected chi connectivity index (χ1v) is 9.77. The molecule has 1 heterocycles. The van der Waals surface area contributed by atoms with Crippen molar-refractivity contribution in [2.24, 2.45) is 5.92 Å². The number of benzene rings is 2. The van der Waals surface area contributed by atoms with Crippen molar-refractivity contribution in [3.05, 3.63) is 78.1 Å². The second kappa shape index (κ2) is 7.82. The third-order valence-corrected chi connectivity index (χ3v) is 5.74. The van der Waals surface area contributed by atoms with Crippen LogP contribution in [-0.4, -0.2) is 4.98 Å². The molecule has 25 heavy (non-hydrogen) atoms. The SMILES string of the molecule is c1ccc(C(Cc2ccc3ccccc3c2)CC2CCCCC2)nc1. The summed E-state index contributed by atoms with van der Waals surface area (Å²) in [6, 6.07) is 22.0. The van der Waals surface area contributed by atoms with Crippen molar-refractivity contribution in [1.82, 2.24) is 4.98 Å². The van der Waals surface area contributed by atoms with E-state index in [1.54, 1.807) is 0 Å². The standard InChI is InChI=1S/C24H27N/c1-2-8-19(9-3-1)16-23(24-12-6-7-15-25-24)18-20-13-14-21-10-4-5-11-22(21)17-20/h4-7,10-15,17,19,23H,1-3,8-9,16,18H2. The maximum absolute atomic E-state index is 4.70. The Labute approximate surface area is 151 Å². The van der Waals surface area contributed by atoms with Gasteiger partial charge in [-0.15, -0.1) is 0 Å². The molecule has 0 amide bonds. The quantitative estimate of drug-likeness (QED) is 0.518. The highest BCUT2D eigenvalue weighted by Crippen LogP contribution is 2.34. The van der Waals surface area contributed by atoms with Crippen LogP contribution in [0.2, 0.25) is 0 Å². The molecule has 0 bridgehead atoms. The number of hydrogen-bond donors (Lipinski definition) is 0. The van der Waals surface area contributed by atoms with E-state index in [4.69, 9.17) is 4.98 Å². The second-order valence-corrected chi connectivity index (χ2v) is 7.58. The van der Waals surface area contributed by atoms with Gasteiger partial charge >= 0.3 is 0 Å². The Morgan fingerprint density at radius 1 is 0.840 bits per heavy atom. The van der Waals surface area contributed by atoms with Crippen molar-refractivity contribution in [1.29, 1.82) is 0 Å². The van der Waals surface area contributed by atoms with Gasteiger partial charge in [0, 0.05) is 17.8 Å². The average molecular weight is 329 g/mol. The maximum atomic E-state index is 4.70. The maximum Gasteiger partial charge on any atom is 0.0437 e. The van der Waals surface area contributed by atoms with Crippen LogP contribution in [0, 0.1) is 5.92 Å². The lowest BCUT2D eigenvalue weighted by Gasteiger charge is -2.26. The summed E-state index contributed by atoms with van der Waals surface area (Å²) in [7, 11) is 0. The van der Waals surface area contributed by atoms with Crippen molar-refractivity contribution >= 4 is 10.8 Å². The topological polar surface area (TPSA) is 12.9 Å². The minimum atomic E-state index is 0.533. The van der Waals surface area contributed by atoms with Gasteiger partial charge < -0.3 is 0 Å². The van der Waals surface area contributed by atoms with E-state index in [1.165, 1.54) is 60.6 Å². The van der Waals surface area contributed by atoms with E-state index in [0.717, 1.165) is 12.3 Å². The van der Waals surface area contributed by atoms with Gasteiger partial charge in [-0.05, 0) is 47.2 Å². The van der Waals surface area contributed by atoms with E-state index in [2.05, 4.69) is 54.6 Å². The lowest BCUT2D eigenvalue weighted by Crippen LogP contribution is -2.14. The molecule has 3 aromatic rings. The summed E-state index contributed by atoms with van der Waals surface area (Å²) >= 11 is 0. The minimum Gasteiger partial charge on any atom is -0.261 e. The smallest absolute Gasteiger partial charge is 0.0437 e. The molecule has 0 radical (unpaired) electrons. The van der Waals surface area contributed by atoms with Gasteiger partial charge in [0.15, 0.2) is 0 Å². The molecule has 4 rings (SSSR count). The van der Waals surface area contributed by atoms with Gasteiger partial charge in [0.05, 0.1) is 0 Å². The normalized spacial score (nSPS) is 16.8. The third kappa shape index (κ3) is 4.10. The van der Waals surface area contributed by atoms with Gasteiger partial charge in [0.1, 0.15) is 0 Å². The molecule has 2 aromatic carbocycles. The Hall–Kier alpha value is -2.15. The molecule has 1 unspecified atom stereocenters. The van der Waals surface area contributed by atoms with E-state index >= 15 is 0 Å². The number of pyridine rings is 1. The van der Waals surface area contributed by atoms with Crippen molar-refractivity contribution in [3.63, 3.8) is 0 Å². The highest BCUT2D eigenvalue weighted by molar-refractivity contribution is 5.83. The molecular weight excluding hydrogens is 302 g/mol. The summed E-state index contributed by atoms with van der Waals surface area (Å²) in [6.45, 7) is 0. The molecule has 1 aliphatic carbocycles. The summed E-state index contributed by atoms with van der Waals surface area (Å²) < 4.78 is 0. The van der Waals surface area contributed by atoms with Gasteiger partial charge in [-0.25, -0.2) is 0 Å². The Bertz CT molecular complexity index is 802. The Morgan fingerprint density at radius 2 is 1.64 bits per heavy atom. The predicted molar refractivity (Wildman–Crippen MR) is 106 cm³/mol. The van der Waals surface area contributed by atoms with E-state index in [1.807, 2.05) is 12.3 Å². The molecule has 0 saturated heterocycles. The number of fused-ring (bicyclic) bond motifs is 1. The highest BCUT2D eigenvalue weighted by atomic mass is 14.7. The fourth-order valence-corrected chi connectivity index (χ4v) is 4.40. The molecule has 1 heteroatoms. The summed E-state index contributed by atoms with van der Waals surface area (Å²) in [5.41, 5.74) is 2.70. The zero-order valence-corrected chi connectivity index (χ0v) is 14.9. The van der Waals surface area contributed by atoms with Crippen LogP contribution in [-0.2, 0) is 6.42 Å². The fraction of sp³-hybridized carbons (Fsp3) is 0.375. The first-order valence-electron chi connectivity index (χ1n) is 9.77. The molecule has 1 nitrogen and oxygen atoms in total. The fourth-order valence-electron chi connectivity index (χ4n) is 4.40. The van der Waals surface area contributed by atoms with Crippen LogP contribution in [0.25, 0.3) is 10.8 Å². The van der Waals surface area contributed by atoms with Gasteiger partial charge in [-0.3, -0.25) is 4.98 Å². The Kier molecular flexibility index (Phi) is 5.11. The van der Waals surface area contributed by atoms with Gasteiger partial charge in [-0.2, -0.15) is 0 Å². The molecule has 0 N–H and O–H groups in total. The first kappa shape index (κ1) is 16.3. The molecular formula is C24H27N. The molecule has 1 fully saturated rings. The van der Waals surface area contributed by atoms with Crippen LogP contribution in [0.5, 0.6) is 0 Å². The zero-order valence-electron chi connectivity index (χ0n) is 14.9. The number of rotatable bonds is 5. The molecule has 1 atom stereocenters. The van der Waals surface area contributed by atoms with Crippen molar-refractivity contribution in [2.45, 2.75) is 50.9 Å². The highest BCUT2D eigenvalue weighted by Gasteiger charge is 2.21. The molecule has 1 aliphatic rings. The lowest BCUT2D eigenvalue weighted by atomic mass is 9.79. The summed E-state index contributed by atoms with van der Waals surface area (Å²) in [6.07, 6.45) is 11.4. The second-order valence-electron chi connectivity index (χ2n) is 7.58. The molecule has 128 valence electrons. The number of hydrogen-bond acceptors (Lipinski definition) is 1. The number of nitrogens with zero attached hydrogens (tertiary/aromatic N) is 1. The third-order valence-electron chi connectivity index (χ3n) is 5.74. The van der Waals surface area contributed by atoms with Crippen molar-refractivity contribution in [3.8, 4) is 0 Å². The number of aromatic nitrogens is 1. The van der Waals surface area contributed by atoms with E-state index < -0.39 is 0 Å². The first-order chi connectivity index (χ1) is 12.4. The van der Waals surface area contributed by atoms with E-state index in [0.29, 0.717) is 5.92 Å². The van der Waals surface area contributed by atoms with Gasteiger partial charge in [-0.1, -0.05) is 80.6 Å². The summed E-state index contributed by atoms with van der Waals surface area (Å²) in [4.78, 5) is 4.70. The monoisotopic (exact) mass is 329 g/mol. The Morgan fingerprint density at radius 3 is 2.44 bits per heavy atom. The van der Waals surface area contributed by atoms with Crippen LogP contribution in [0.3, 0.4) is 0 Å². The summed E-state index contributed by atoms with van der Waals surface area (Å²) in [5.74, 6) is 1.41. The molecule has 0 spiro atoms. The summed E-state index contributed by atoms with van der Waals surface area (Å²) in [5, 5.41) is 2.67. The van der Waals surface area contributed by atoms with E-state index in [-0.39, 0.29) is 0 Å². The van der Waals surface area contributed by atoms with Crippen molar-refractivity contribution in [2.75, 3.05) is 0 Å². The van der Waals surface area contributed by atoms with Crippen LogP contribution in [0.15, 0.2) is 66.9 Å². The average Bonchev–Trinajstić information content (AvgIpc) is 2.69. The van der Waals surface area contributed by atoms with Crippen LogP contribution >= 0.6 is 0 Å². The molecule has 1 aromatic heterocycles. The van der Waals surface area contributed by atoms with Gasteiger partial charge in [0.2, 0.25) is 0 Å². The van der Waals surface area contributed by atoms with Crippen molar-refractivity contribution < 1.29 is 0 Å². The Balaban J connectivity index is 1.57. The van der Waals surface area contributed by atoms with Crippen LogP contribution < -0.4 is 0 Å². The van der Waals surface area contributed by atoms with Crippen LogP contribution in [0.1, 0.15) is 55.7 Å².